The van der Waals surface area contributed by atoms with Gasteiger partial charge < -0.3 is 30.2 Å². The highest BCUT2D eigenvalue weighted by Crippen LogP contribution is 2.22. The Morgan fingerprint density at radius 1 is 0.363 bits per heavy atom. The molecule has 11 nitrogen and oxygen atoms in total. The van der Waals surface area contributed by atoms with E-state index in [2.05, 4.69) is 20.8 Å². The van der Waals surface area contributed by atoms with Gasteiger partial charge in [0.25, 0.3) is 0 Å². The maximum atomic E-state index is 13.6. The molecule has 0 aliphatic heterocycles. The molecule has 0 rings (SSSR count). The predicted octanol–water partition coefficient (Wildman–Crippen LogP) is 23.3. The number of rotatable bonds is 76. The largest absolute Gasteiger partial charge is 0.481 e. The molecule has 4 N–H and O–H groups in total. The van der Waals surface area contributed by atoms with Gasteiger partial charge in [-0.2, -0.15) is 0 Å². The zero-order chi connectivity index (χ0) is 66.4. The van der Waals surface area contributed by atoms with Crippen LogP contribution in [0.3, 0.4) is 0 Å². The number of aliphatic hydroxyl groups is 1. The van der Waals surface area contributed by atoms with E-state index in [1.165, 1.54) is 302 Å². The van der Waals surface area contributed by atoms with Crippen molar-refractivity contribution in [2.75, 3.05) is 32.8 Å². The number of ether oxygens (including phenoxy) is 3. The molecule has 0 saturated heterocycles. The Kier molecular flexibility index (Phi) is 70.3. The lowest BCUT2D eigenvalue weighted by atomic mass is 9.94. The van der Waals surface area contributed by atoms with Crippen LogP contribution in [-0.4, -0.2) is 90.1 Å². The van der Waals surface area contributed by atoms with Crippen LogP contribution in [0.15, 0.2) is 0 Å². The Hall–Kier alpha value is -2.24. The Morgan fingerprint density at radius 2 is 0.659 bits per heavy atom. The number of esters is 3. The van der Waals surface area contributed by atoms with Gasteiger partial charge in [-0.05, 0) is 52.0 Å². The molecule has 0 heterocycles. The van der Waals surface area contributed by atoms with Crippen molar-refractivity contribution in [1.82, 2.24) is 4.90 Å². The number of nitrogens with two attached hydrogens (primary N) is 1. The second-order valence-corrected chi connectivity index (χ2v) is 28.4. The summed E-state index contributed by atoms with van der Waals surface area (Å²) in [5.74, 6) is -2.59. The monoisotopic (exact) mass is 1290 g/mol. The van der Waals surface area contributed by atoms with Gasteiger partial charge in [0.1, 0.15) is 18.8 Å². The smallest absolute Gasteiger partial charge is 0.322 e. The van der Waals surface area contributed by atoms with E-state index in [4.69, 9.17) is 19.9 Å². The molecular weight excluding hydrogens is 1130 g/mol. The quantitative estimate of drug-likeness (QED) is 0.0301. The third kappa shape index (κ3) is 66.2. The van der Waals surface area contributed by atoms with Gasteiger partial charge in [-0.1, -0.05) is 374 Å². The molecule has 11 heteroatoms. The first-order valence-electron chi connectivity index (χ1n) is 40.5. The third-order valence-corrected chi connectivity index (χ3v) is 19.3. The van der Waals surface area contributed by atoms with Gasteiger partial charge in [0.05, 0.1) is 18.6 Å². The van der Waals surface area contributed by atoms with Gasteiger partial charge in [-0.15, -0.1) is 0 Å². The predicted molar refractivity (Wildman–Crippen MR) is 387 cm³/mol. The highest BCUT2D eigenvalue weighted by Gasteiger charge is 2.26. The summed E-state index contributed by atoms with van der Waals surface area (Å²) in [7, 11) is 0. The average molecular weight is 1290 g/mol. The molecule has 0 radical (unpaired) electrons. The summed E-state index contributed by atoms with van der Waals surface area (Å²) in [5, 5.41) is 21.9. The van der Waals surface area contributed by atoms with E-state index in [1.54, 1.807) is 6.92 Å². The second kappa shape index (κ2) is 72.0. The number of aliphatic carboxylic acids is 1. The maximum absolute atomic E-state index is 13.6. The highest BCUT2D eigenvalue weighted by molar-refractivity contribution is 5.75. The van der Waals surface area contributed by atoms with Crippen molar-refractivity contribution < 1.29 is 43.6 Å². The number of unbranched alkanes of at least 4 members (excludes halogenated alkanes) is 54. The van der Waals surface area contributed by atoms with Crippen molar-refractivity contribution >= 4 is 23.9 Å². The van der Waals surface area contributed by atoms with E-state index >= 15 is 0 Å². The summed E-state index contributed by atoms with van der Waals surface area (Å²) in [6.07, 6.45) is 73.2. The van der Waals surface area contributed by atoms with Crippen LogP contribution >= 0.6 is 0 Å². The van der Waals surface area contributed by atoms with E-state index in [1.807, 2.05) is 4.90 Å². The Morgan fingerprint density at radius 3 is 0.978 bits per heavy atom. The Bertz CT molecular complexity index is 1530. The van der Waals surface area contributed by atoms with Gasteiger partial charge in [0.2, 0.25) is 0 Å². The molecule has 0 spiro atoms. The number of carbonyl (C=O) groups excluding carboxylic acids is 3. The fourth-order valence-corrected chi connectivity index (χ4v) is 13.3. The molecule has 91 heavy (non-hydrogen) atoms. The van der Waals surface area contributed by atoms with Crippen molar-refractivity contribution in [2.45, 2.75) is 450 Å². The Balaban J connectivity index is 5.29. The van der Waals surface area contributed by atoms with Crippen LogP contribution in [0, 0.1) is 5.92 Å². The molecule has 0 aliphatic rings. The normalized spacial score (nSPS) is 13.0. The standard InChI is InChI=1S/C80H156N2O9/c1-5-9-12-15-18-21-24-27-30-33-36-39-42-45-48-51-54-57-60-66-77(84)90-72-75(91-78(85)67-61-58-55-52-49-46-43-40-37-34-31-28-25-22-19-16-13-10-6-2)71-82(68-63-62-65-76(81)80(88)89-8-4)70-74(83)69-73(79(86)87)64-59-56-53-50-47-44-41-38-35-32-29-26-23-20-17-14-11-7-3/h73-76,83H,5-72,81H2,1-4H3,(H,86,87). The first-order chi connectivity index (χ1) is 44.6. The lowest BCUT2D eigenvalue weighted by molar-refractivity contribution is -0.160. The lowest BCUT2D eigenvalue weighted by Crippen LogP contribution is -2.43. The minimum Gasteiger partial charge on any atom is -0.481 e. The van der Waals surface area contributed by atoms with Gasteiger partial charge in [-0.3, -0.25) is 24.1 Å². The molecule has 0 aromatic heterocycles. The average Bonchev–Trinajstić information content (AvgIpc) is 3.05. The number of aliphatic hydroxyl groups excluding tert-OH is 1. The molecule has 4 atom stereocenters. The number of hydrogen-bond acceptors (Lipinski definition) is 10. The van der Waals surface area contributed by atoms with Crippen LogP contribution in [0.2, 0.25) is 0 Å². The maximum Gasteiger partial charge on any atom is 0.322 e. The van der Waals surface area contributed by atoms with Crippen LogP contribution in [-0.2, 0) is 33.4 Å². The first-order valence-corrected chi connectivity index (χ1v) is 40.5. The highest BCUT2D eigenvalue weighted by atomic mass is 16.6. The second-order valence-electron chi connectivity index (χ2n) is 28.4. The number of carboxylic acid groups (broad SMARTS) is 1. The molecule has 4 unspecified atom stereocenters. The van der Waals surface area contributed by atoms with Gasteiger partial charge in [0.15, 0.2) is 0 Å². The summed E-state index contributed by atoms with van der Waals surface area (Å²) in [6, 6.07) is -0.736. The van der Waals surface area contributed by atoms with Crippen molar-refractivity contribution in [3.63, 3.8) is 0 Å². The first kappa shape index (κ1) is 88.8. The fourth-order valence-electron chi connectivity index (χ4n) is 13.3. The van der Waals surface area contributed by atoms with Gasteiger partial charge in [0, 0.05) is 25.9 Å². The lowest BCUT2D eigenvalue weighted by Gasteiger charge is -2.30. The fraction of sp³-hybridized carbons (Fsp3) is 0.950. The van der Waals surface area contributed by atoms with Crippen LogP contribution < -0.4 is 5.73 Å². The summed E-state index contributed by atoms with van der Waals surface area (Å²) in [4.78, 5) is 53.7. The number of nitrogens with zero attached hydrogens (tertiary/aromatic N) is 1. The van der Waals surface area contributed by atoms with E-state index in [0.717, 1.165) is 57.8 Å². The molecule has 0 amide bonds. The SMILES string of the molecule is CCCCCCCCCCCCCCCCCCCCCC(=O)OCC(CN(CCCCC(N)C(=O)OCC)CC(O)CC(CCCCCCCCCCCCCCCCCCCC)C(=O)O)OC(=O)CCCCCCCCCCCCCCCCCCCCC. The van der Waals surface area contributed by atoms with Crippen molar-refractivity contribution in [1.29, 1.82) is 0 Å². The summed E-state index contributed by atoms with van der Waals surface area (Å²) < 4.78 is 17.2. The van der Waals surface area contributed by atoms with Crippen LogP contribution in [0.25, 0.3) is 0 Å². The molecule has 0 aliphatic carbocycles. The van der Waals surface area contributed by atoms with Gasteiger partial charge >= 0.3 is 23.9 Å². The van der Waals surface area contributed by atoms with Gasteiger partial charge in [-0.25, -0.2) is 0 Å². The molecule has 0 fully saturated rings. The Labute approximate surface area is 564 Å². The number of carbonyl (C=O) groups is 4. The minimum absolute atomic E-state index is 0.0830. The molecule has 0 aromatic carbocycles. The van der Waals surface area contributed by atoms with Crippen LogP contribution in [0.1, 0.15) is 432 Å². The minimum atomic E-state index is -0.934. The zero-order valence-electron chi connectivity index (χ0n) is 61.2. The van der Waals surface area contributed by atoms with E-state index < -0.39 is 36.1 Å². The van der Waals surface area contributed by atoms with Crippen LogP contribution in [0.5, 0.6) is 0 Å². The van der Waals surface area contributed by atoms with E-state index in [-0.39, 0.29) is 51.1 Å². The van der Waals surface area contributed by atoms with E-state index in [0.29, 0.717) is 38.6 Å². The van der Waals surface area contributed by atoms with Crippen molar-refractivity contribution in [3.05, 3.63) is 0 Å². The number of carboxylic acids is 1. The molecule has 0 saturated carbocycles. The van der Waals surface area contributed by atoms with Crippen molar-refractivity contribution in [3.8, 4) is 0 Å². The summed E-state index contributed by atoms with van der Waals surface area (Å²) in [5.41, 5.74) is 6.16. The molecule has 0 aromatic rings. The zero-order valence-corrected chi connectivity index (χ0v) is 61.2. The molecular formula is C80H156N2O9. The topological polar surface area (TPSA) is 166 Å². The summed E-state index contributed by atoms with van der Waals surface area (Å²) >= 11 is 0. The van der Waals surface area contributed by atoms with Crippen molar-refractivity contribution in [2.24, 2.45) is 11.7 Å². The third-order valence-electron chi connectivity index (χ3n) is 19.3. The van der Waals surface area contributed by atoms with E-state index in [9.17, 15) is 29.4 Å². The summed E-state index contributed by atoms with van der Waals surface area (Å²) in [6.45, 7) is 9.66. The molecule has 540 valence electrons. The number of hydrogen-bond donors (Lipinski definition) is 3. The van der Waals surface area contributed by atoms with Crippen LogP contribution in [0.4, 0.5) is 0 Å². The molecule has 0 bridgehead atoms.